The lowest BCUT2D eigenvalue weighted by Gasteiger charge is -2.30. The van der Waals surface area contributed by atoms with Crippen molar-refractivity contribution in [3.63, 3.8) is 0 Å². The highest BCUT2D eigenvalue weighted by molar-refractivity contribution is 5.85. The predicted molar refractivity (Wildman–Crippen MR) is 78.2 cm³/mol. The second-order valence-electron chi connectivity index (χ2n) is 4.83. The molecule has 1 saturated heterocycles. The van der Waals surface area contributed by atoms with Crippen molar-refractivity contribution in [1.29, 1.82) is 0 Å². The van der Waals surface area contributed by atoms with Gasteiger partial charge in [0.05, 0.1) is 5.56 Å². The zero-order chi connectivity index (χ0) is 15.5. The van der Waals surface area contributed by atoms with E-state index in [1.807, 2.05) is 0 Å². The third-order valence-electron chi connectivity index (χ3n) is 3.27. The van der Waals surface area contributed by atoms with Crippen LogP contribution in [-0.4, -0.2) is 43.1 Å². The second kappa shape index (κ2) is 7.69. The van der Waals surface area contributed by atoms with Gasteiger partial charge in [-0.2, -0.15) is 13.2 Å². The van der Waals surface area contributed by atoms with E-state index >= 15 is 0 Å². The van der Waals surface area contributed by atoms with Crippen molar-refractivity contribution in [2.24, 2.45) is 0 Å². The number of halogens is 4. The van der Waals surface area contributed by atoms with Gasteiger partial charge in [-0.3, -0.25) is 4.79 Å². The van der Waals surface area contributed by atoms with Gasteiger partial charge in [0.1, 0.15) is 5.75 Å². The Labute approximate surface area is 133 Å². The van der Waals surface area contributed by atoms with E-state index in [1.165, 1.54) is 25.1 Å². The van der Waals surface area contributed by atoms with Gasteiger partial charge < -0.3 is 15.0 Å². The maximum atomic E-state index is 12.9. The number of nitrogens with one attached hydrogen (secondary N) is 1. The third-order valence-corrected chi connectivity index (χ3v) is 3.27. The summed E-state index contributed by atoms with van der Waals surface area (Å²) < 4.78 is 43.9. The summed E-state index contributed by atoms with van der Waals surface area (Å²) in [5, 5.41) is 3.10. The van der Waals surface area contributed by atoms with Crippen LogP contribution >= 0.6 is 12.4 Å². The minimum atomic E-state index is -4.51. The number of ether oxygens (including phenoxy) is 1. The third kappa shape index (κ3) is 4.51. The largest absolute Gasteiger partial charge is 0.480 e. The maximum Gasteiger partial charge on any atom is 0.419 e. The average molecular weight is 339 g/mol. The molecule has 1 heterocycles. The average Bonchev–Trinajstić information content (AvgIpc) is 2.47. The number of benzene rings is 1. The Morgan fingerprint density at radius 1 is 1.27 bits per heavy atom. The summed E-state index contributed by atoms with van der Waals surface area (Å²) in [7, 11) is 0. The van der Waals surface area contributed by atoms with Gasteiger partial charge in [0.15, 0.2) is 6.10 Å². The highest BCUT2D eigenvalue weighted by Crippen LogP contribution is 2.36. The molecule has 1 N–H and O–H groups in total. The first-order valence-corrected chi connectivity index (χ1v) is 6.72. The molecule has 0 spiro atoms. The topological polar surface area (TPSA) is 41.6 Å². The Morgan fingerprint density at radius 2 is 1.86 bits per heavy atom. The number of alkyl halides is 3. The lowest BCUT2D eigenvalue weighted by molar-refractivity contribution is -0.143. The molecule has 4 nitrogen and oxygen atoms in total. The molecule has 1 amide bonds. The van der Waals surface area contributed by atoms with Crippen molar-refractivity contribution in [3.05, 3.63) is 29.8 Å². The number of para-hydroxylation sites is 1. The van der Waals surface area contributed by atoms with Crippen LogP contribution in [0.5, 0.6) is 5.75 Å². The van der Waals surface area contributed by atoms with E-state index in [-0.39, 0.29) is 24.1 Å². The van der Waals surface area contributed by atoms with Crippen LogP contribution in [0.2, 0.25) is 0 Å². The van der Waals surface area contributed by atoms with Gasteiger partial charge in [0.25, 0.3) is 5.91 Å². The first kappa shape index (κ1) is 18.6. The van der Waals surface area contributed by atoms with E-state index < -0.39 is 17.8 Å². The normalized spacial score (nSPS) is 16.6. The standard InChI is InChI=1S/C14H17F3N2O2.ClH/c1-10(13(20)19-8-6-18-7-9-19)21-12-5-3-2-4-11(12)14(15,16)17;/h2-5,10,18H,6-9H2,1H3;1H. The molecule has 1 atom stereocenters. The van der Waals surface area contributed by atoms with Gasteiger partial charge in [0.2, 0.25) is 0 Å². The molecule has 1 aliphatic heterocycles. The van der Waals surface area contributed by atoms with Crippen molar-refractivity contribution in [3.8, 4) is 5.75 Å². The fourth-order valence-electron chi connectivity index (χ4n) is 2.19. The summed E-state index contributed by atoms with van der Waals surface area (Å²) in [5.41, 5.74) is -0.870. The molecule has 1 fully saturated rings. The molecule has 0 aliphatic carbocycles. The number of nitrogens with zero attached hydrogens (tertiary/aromatic N) is 1. The molecular weight excluding hydrogens is 321 g/mol. The molecule has 22 heavy (non-hydrogen) atoms. The van der Waals surface area contributed by atoms with Gasteiger partial charge in [0, 0.05) is 26.2 Å². The zero-order valence-electron chi connectivity index (χ0n) is 12.0. The number of rotatable bonds is 3. The van der Waals surface area contributed by atoms with Crippen molar-refractivity contribution in [1.82, 2.24) is 10.2 Å². The number of hydrogen-bond acceptors (Lipinski definition) is 3. The lowest BCUT2D eigenvalue weighted by Crippen LogP contribution is -2.50. The van der Waals surface area contributed by atoms with Gasteiger partial charge in [-0.1, -0.05) is 12.1 Å². The Morgan fingerprint density at radius 3 is 2.45 bits per heavy atom. The van der Waals surface area contributed by atoms with Crippen LogP contribution in [0.4, 0.5) is 13.2 Å². The predicted octanol–water partition coefficient (Wildman–Crippen LogP) is 2.33. The van der Waals surface area contributed by atoms with Gasteiger partial charge >= 0.3 is 6.18 Å². The first-order chi connectivity index (χ1) is 9.89. The van der Waals surface area contributed by atoms with Crippen LogP contribution in [0.3, 0.4) is 0 Å². The fraction of sp³-hybridized carbons (Fsp3) is 0.500. The zero-order valence-corrected chi connectivity index (χ0v) is 12.8. The molecule has 0 bridgehead atoms. The summed E-state index contributed by atoms with van der Waals surface area (Å²) in [5.74, 6) is -0.616. The summed E-state index contributed by atoms with van der Waals surface area (Å²) in [4.78, 5) is 13.7. The van der Waals surface area contributed by atoms with E-state index in [1.54, 1.807) is 4.90 Å². The molecule has 0 radical (unpaired) electrons. The highest BCUT2D eigenvalue weighted by Gasteiger charge is 2.35. The summed E-state index contributed by atoms with van der Waals surface area (Å²) >= 11 is 0. The minimum absolute atomic E-state index is 0. The van der Waals surface area contributed by atoms with Gasteiger partial charge in [-0.25, -0.2) is 0 Å². The van der Waals surface area contributed by atoms with Crippen LogP contribution in [0, 0.1) is 0 Å². The fourth-order valence-corrected chi connectivity index (χ4v) is 2.19. The molecule has 0 saturated carbocycles. The van der Waals surface area contributed by atoms with Crippen LogP contribution in [-0.2, 0) is 11.0 Å². The monoisotopic (exact) mass is 338 g/mol. The van der Waals surface area contributed by atoms with Crippen LogP contribution in [0.25, 0.3) is 0 Å². The Kier molecular flexibility index (Phi) is 6.49. The number of piperazine rings is 1. The van der Waals surface area contributed by atoms with Crippen LogP contribution < -0.4 is 10.1 Å². The van der Waals surface area contributed by atoms with Crippen LogP contribution in [0.1, 0.15) is 12.5 Å². The minimum Gasteiger partial charge on any atom is -0.480 e. The van der Waals surface area contributed by atoms with Gasteiger partial charge in [-0.05, 0) is 19.1 Å². The van der Waals surface area contributed by atoms with E-state index in [0.717, 1.165) is 6.07 Å². The second-order valence-corrected chi connectivity index (χ2v) is 4.83. The summed E-state index contributed by atoms with van der Waals surface area (Å²) in [6, 6.07) is 4.91. The molecule has 124 valence electrons. The highest BCUT2D eigenvalue weighted by atomic mass is 35.5. The van der Waals surface area contributed by atoms with Crippen molar-refractivity contribution in [2.45, 2.75) is 19.2 Å². The SMILES string of the molecule is CC(Oc1ccccc1C(F)(F)F)C(=O)N1CCNCC1.Cl. The quantitative estimate of drug-likeness (QED) is 0.919. The Hall–Kier alpha value is -1.47. The number of carbonyl (C=O) groups is 1. The van der Waals surface area contributed by atoms with E-state index in [0.29, 0.717) is 26.2 Å². The van der Waals surface area contributed by atoms with Gasteiger partial charge in [-0.15, -0.1) is 12.4 Å². The molecule has 1 unspecified atom stereocenters. The van der Waals surface area contributed by atoms with E-state index in [9.17, 15) is 18.0 Å². The molecule has 1 aromatic rings. The van der Waals surface area contributed by atoms with Crippen molar-refractivity contribution >= 4 is 18.3 Å². The van der Waals surface area contributed by atoms with E-state index in [2.05, 4.69) is 5.32 Å². The summed E-state index contributed by atoms with van der Waals surface area (Å²) in [6.07, 6.45) is -5.46. The van der Waals surface area contributed by atoms with Crippen molar-refractivity contribution in [2.75, 3.05) is 26.2 Å². The molecule has 1 aromatic carbocycles. The molecule has 8 heteroatoms. The molecule has 2 rings (SSSR count). The Bertz CT molecular complexity index is 505. The van der Waals surface area contributed by atoms with Crippen molar-refractivity contribution < 1.29 is 22.7 Å². The number of amides is 1. The number of carbonyl (C=O) groups excluding carboxylic acids is 1. The molecule has 1 aliphatic rings. The number of hydrogen-bond donors (Lipinski definition) is 1. The Balaban J connectivity index is 0.00000242. The molecular formula is C14H18ClF3N2O2. The molecule has 0 aromatic heterocycles. The lowest BCUT2D eigenvalue weighted by atomic mass is 10.2. The summed E-state index contributed by atoms with van der Waals surface area (Å²) in [6.45, 7) is 3.90. The maximum absolute atomic E-state index is 12.9. The van der Waals surface area contributed by atoms with E-state index in [4.69, 9.17) is 4.74 Å². The first-order valence-electron chi connectivity index (χ1n) is 6.72. The van der Waals surface area contributed by atoms with Crippen LogP contribution in [0.15, 0.2) is 24.3 Å². The smallest absolute Gasteiger partial charge is 0.419 e.